The summed E-state index contributed by atoms with van der Waals surface area (Å²) >= 11 is 0. The normalized spacial score (nSPS) is 15.8. The number of esters is 1. The fourth-order valence-corrected chi connectivity index (χ4v) is 2.55. The molecule has 2 aromatic carbocycles. The number of rotatable bonds is 3. The van der Waals surface area contributed by atoms with Gasteiger partial charge in [0, 0.05) is 11.3 Å². The van der Waals surface area contributed by atoms with Crippen molar-refractivity contribution in [2.24, 2.45) is 5.92 Å². The third-order valence-corrected chi connectivity index (χ3v) is 3.81. The van der Waals surface area contributed by atoms with E-state index < -0.39 is 29.5 Å². The van der Waals surface area contributed by atoms with Crippen LogP contribution in [0.5, 0.6) is 0 Å². The first-order chi connectivity index (χ1) is 12.0. The van der Waals surface area contributed by atoms with Gasteiger partial charge < -0.3 is 15.4 Å². The van der Waals surface area contributed by atoms with E-state index >= 15 is 0 Å². The standard InChI is InChI=1S/C18H14N2O5/c1-25-18(24)10-6-8-11(9-7-10)19-16(22)14-15(21)12-4-2-3-5-13(12)20-17(14)23/h2-9,14H,1H3,(H,19,22)(H,20,23). The number of nitrogens with one attached hydrogen (secondary N) is 2. The first kappa shape index (κ1) is 16.4. The van der Waals surface area contributed by atoms with E-state index in [1.54, 1.807) is 24.3 Å². The van der Waals surface area contributed by atoms with E-state index in [9.17, 15) is 19.2 Å². The molecule has 1 atom stereocenters. The predicted octanol–water partition coefficient (Wildman–Crippen LogP) is 1.86. The van der Waals surface area contributed by atoms with E-state index in [4.69, 9.17) is 0 Å². The lowest BCUT2D eigenvalue weighted by Crippen LogP contribution is -2.43. The average molecular weight is 338 g/mol. The van der Waals surface area contributed by atoms with Gasteiger partial charge in [-0.25, -0.2) is 4.79 Å². The molecule has 0 radical (unpaired) electrons. The zero-order valence-corrected chi connectivity index (χ0v) is 13.2. The van der Waals surface area contributed by atoms with Gasteiger partial charge in [0.2, 0.25) is 11.8 Å². The van der Waals surface area contributed by atoms with Crippen molar-refractivity contribution in [3.8, 4) is 0 Å². The van der Waals surface area contributed by atoms with E-state index in [0.717, 1.165) is 0 Å². The Morgan fingerprint density at radius 3 is 2.40 bits per heavy atom. The number of amides is 2. The minimum Gasteiger partial charge on any atom is -0.465 e. The molecule has 1 heterocycles. The lowest BCUT2D eigenvalue weighted by atomic mass is 9.91. The molecule has 2 N–H and O–H groups in total. The fourth-order valence-electron chi connectivity index (χ4n) is 2.55. The average Bonchev–Trinajstić information content (AvgIpc) is 2.61. The number of hydrogen-bond donors (Lipinski definition) is 2. The highest BCUT2D eigenvalue weighted by atomic mass is 16.5. The maximum absolute atomic E-state index is 12.5. The largest absolute Gasteiger partial charge is 0.465 e. The smallest absolute Gasteiger partial charge is 0.337 e. The van der Waals surface area contributed by atoms with Crippen LogP contribution in [-0.4, -0.2) is 30.7 Å². The van der Waals surface area contributed by atoms with Crippen LogP contribution in [-0.2, 0) is 14.3 Å². The van der Waals surface area contributed by atoms with E-state index in [0.29, 0.717) is 22.5 Å². The number of ketones is 1. The molecule has 0 saturated carbocycles. The van der Waals surface area contributed by atoms with Crippen LogP contribution >= 0.6 is 0 Å². The molecule has 0 bridgehead atoms. The number of ether oxygens (including phenoxy) is 1. The third-order valence-electron chi connectivity index (χ3n) is 3.81. The van der Waals surface area contributed by atoms with Gasteiger partial charge in [0.15, 0.2) is 11.7 Å². The molecule has 25 heavy (non-hydrogen) atoms. The molecule has 1 unspecified atom stereocenters. The second-order valence-electron chi connectivity index (χ2n) is 5.39. The van der Waals surface area contributed by atoms with Crippen LogP contribution in [0.3, 0.4) is 0 Å². The molecule has 1 aliphatic heterocycles. The van der Waals surface area contributed by atoms with Crippen LogP contribution in [0.2, 0.25) is 0 Å². The van der Waals surface area contributed by atoms with Gasteiger partial charge in [-0.3, -0.25) is 14.4 Å². The first-order valence-corrected chi connectivity index (χ1v) is 7.44. The van der Waals surface area contributed by atoms with Gasteiger partial charge in [-0.2, -0.15) is 0 Å². The van der Waals surface area contributed by atoms with Crippen LogP contribution in [0.25, 0.3) is 0 Å². The summed E-state index contributed by atoms with van der Waals surface area (Å²) < 4.78 is 4.59. The molecule has 1 aliphatic rings. The lowest BCUT2D eigenvalue weighted by molar-refractivity contribution is -0.127. The summed E-state index contributed by atoms with van der Waals surface area (Å²) in [5.74, 6) is -3.93. The summed E-state index contributed by atoms with van der Waals surface area (Å²) in [5, 5.41) is 5.07. The Bertz CT molecular complexity index is 873. The highest BCUT2D eigenvalue weighted by Crippen LogP contribution is 2.26. The second kappa shape index (κ2) is 6.56. The van der Waals surface area contributed by atoms with Gasteiger partial charge in [-0.1, -0.05) is 12.1 Å². The highest BCUT2D eigenvalue weighted by Gasteiger charge is 2.39. The third kappa shape index (κ3) is 3.12. The Morgan fingerprint density at radius 2 is 1.72 bits per heavy atom. The SMILES string of the molecule is COC(=O)c1ccc(NC(=O)C2C(=O)Nc3ccccc3C2=O)cc1. The molecule has 3 rings (SSSR count). The number of benzene rings is 2. The van der Waals surface area contributed by atoms with Gasteiger partial charge >= 0.3 is 5.97 Å². The van der Waals surface area contributed by atoms with Crippen molar-refractivity contribution < 1.29 is 23.9 Å². The number of hydrogen-bond acceptors (Lipinski definition) is 5. The summed E-state index contributed by atoms with van der Waals surface area (Å²) in [7, 11) is 1.27. The number of Topliss-reactive ketones (excluding diaryl/α,β-unsaturated/α-hetero) is 1. The van der Waals surface area contributed by atoms with Crippen LogP contribution in [0, 0.1) is 5.92 Å². The van der Waals surface area contributed by atoms with Crippen molar-refractivity contribution in [2.75, 3.05) is 17.7 Å². The minimum atomic E-state index is -1.46. The Balaban J connectivity index is 1.78. The molecule has 0 saturated heterocycles. The van der Waals surface area contributed by atoms with Gasteiger partial charge in [-0.05, 0) is 36.4 Å². The van der Waals surface area contributed by atoms with Crippen molar-refractivity contribution in [1.82, 2.24) is 0 Å². The summed E-state index contributed by atoms with van der Waals surface area (Å²) in [5.41, 5.74) is 1.37. The second-order valence-corrected chi connectivity index (χ2v) is 5.39. The molecule has 0 aromatic heterocycles. The fraction of sp³-hybridized carbons (Fsp3) is 0.111. The highest BCUT2D eigenvalue weighted by molar-refractivity contribution is 6.32. The Hall–Kier alpha value is -3.48. The maximum atomic E-state index is 12.5. The van der Waals surface area contributed by atoms with E-state index in [2.05, 4.69) is 15.4 Å². The molecule has 0 fully saturated rings. The molecule has 7 heteroatoms. The number of para-hydroxylation sites is 1. The van der Waals surface area contributed by atoms with Gasteiger partial charge in [0.05, 0.1) is 18.4 Å². The minimum absolute atomic E-state index is 0.295. The van der Waals surface area contributed by atoms with E-state index in [1.165, 1.54) is 31.4 Å². The number of carbonyl (C=O) groups is 4. The molecule has 2 amide bonds. The van der Waals surface area contributed by atoms with Crippen molar-refractivity contribution in [3.63, 3.8) is 0 Å². The lowest BCUT2D eigenvalue weighted by Gasteiger charge is -2.22. The zero-order valence-electron chi connectivity index (χ0n) is 13.2. The molecule has 126 valence electrons. The van der Waals surface area contributed by atoms with Gasteiger partial charge in [0.1, 0.15) is 0 Å². The Labute approximate surface area is 143 Å². The summed E-state index contributed by atoms with van der Waals surface area (Å²) in [6.07, 6.45) is 0. The summed E-state index contributed by atoms with van der Waals surface area (Å²) in [4.78, 5) is 48.4. The molecule has 2 aromatic rings. The Morgan fingerprint density at radius 1 is 1.04 bits per heavy atom. The topological polar surface area (TPSA) is 102 Å². The van der Waals surface area contributed by atoms with Crippen molar-refractivity contribution in [1.29, 1.82) is 0 Å². The molecule has 0 aliphatic carbocycles. The Kier molecular flexibility index (Phi) is 4.30. The van der Waals surface area contributed by atoms with Crippen LogP contribution < -0.4 is 10.6 Å². The molecular formula is C18H14N2O5. The quantitative estimate of drug-likeness (QED) is 0.657. The maximum Gasteiger partial charge on any atom is 0.337 e. The zero-order chi connectivity index (χ0) is 18.0. The van der Waals surface area contributed by atoms with Gasteiger partial charge in [-0.15, -0.1) is 0 Å². The van der Waals surface area contributed by atoms with E-state index in [1.807, 2.05) is 0 Å². The van der Waals surface area contributed by atoms with E-state index in [-0.39, 0.29) is 0 Å². The van der Waals surface area contributed by atoms with Crippen molar-refractivity contribution in [2.45, 2.75) is 0 Å². The molecule has 0 spiro atoms. The number of methoxy groups -OCH3 is 1. The van der Waals surface area contributed by atoms with Crippen molar-refractivity contribution >= 4 is 34.9 Å². The van der Waals surface area contributed by atoms with Crippen LogP contribution in [0.4, 0.5) is 11.4 Å². The van der Waals surface area contributed by atoms with Crippen molar-refractivity contribution in [3.05, 3.63) is 59.7 Å². The predicted molar refractivity (Wildman–Crippen MR) is 89.3 cm³/mol. The van der Waals surface area contributed by atoms with Crippen LogP contribution in [0.1, 0.15) is 20.7 Å². The molecule has 7 nitrogen and oxygen atoms in total. The number of anilines is 2. The summed E-state index contributed by atoms with van der Waals surface area (Å²) in [6, 6.07) is 12.4. The van der Waals surface area contributed by atoms with Crippen LogP contribution in [0.15, 0.2) is 48.5 Å². The monoisotopic (exact) mass is 338 g/mol. The van der Waals surface area contributed by atoms with Gasteiger partial charge in [0.25, 0.3) is 0 Å². The first-order valence-electron chi connectivity index (χ1n) is 7.44. The number of fused-ring (bicyclic) bond motifs is 1. The number of carbonyl (C=O) groups excluding carboxylic acids is 4. The molecular weight excluding hydrogens is 324 g/mol. The summed E-state index contributed by atoms with van der Waals surface area (Å²) in [6.45, 7) is 0.